The van der Waals surface area contributed by atoms with Gasteiger partial charge in [-0.1, -0.05) is 20.8 Å². The number of amides is 4. The predicted octanol–water partition coefficient (Wildman–Crippen LogP) is 1.59. The molecule has 436 valence electrons. The van der Waals surface area contributed by atoms with Crippen molar-refractivity contribution in [2.45, 2.75) is 141 Å². The van der Waals surface area contributed by atoms with Gasteiger partial charge in [0.15, 0.2) is 5.60 Å². The second-order valence-corrected chi connectivity index (χ2v) is 22.3. The molecule has 0 fully saturated rings. The van der Waals surface area contributed by atoms with E-state index in [1.54, 1.807) is 50.7 Å². The highest BCUT2D eigenvalue weighted by Gasteiger charge is 2.46. The summed E-state index contributed by atoms with van der Waals surface area (Å²) in [4.78, 5) is 92.9. The summed E-state index contributed by atoms with van der Waals surface area (Å²) in [5.74, 6) is -3.93. The molecule has 0 saturated heterocycles. The van der Waals surface area contributed by atoms with Gasteiger partial charge in [-0.3, -0.25) is 24.0 Å². The van der Waals surface area contributed by atoms with Crippen molar-refractivity contribution in [2.24, 2.45) is 11.7 Å². The number of halogens is 1. The fourth-order valence-electron chi connectivity index (χ4n) is 9.46. The first-order valence-electron chi connectivity index (χ1n) is 27.0. The lowest BCUT2D eigenvalue weighted by Crippen LogP contribution is -2.58. The fourth-order valence-corrected chi connectivity index (χ4v) is 9.65. The number of carbonyl (C=O) groups is 5. The summed E-state index contributed by atoms with van der Waals surface area (Å²) in [5, 5.41) is 31.5. The maximum Gasteiger partial charge on any atom is 0.550 e. The van der Waals surface area contributed by atoms with Gasteiger partial charge in [-0.2, -0.15) is 9.97 Å². The van der Waals surface area contributed by atoms with Crippen molar-refractivity contribution in [3.8, 4) is 22.6 Å². The van der Waals surface area contributed by atoms with E-state index in [-0.39, 0.29) is 99.4 Å². The van der Waals surface area contributed by atoms with E-state index in [1.807, 2.05) is 27.7 Å². The van der Waals surface area contributed by atoms with Crippen LogP contribution in [0.1, 0.15) is 108 Å². The van der Waals surface area contributed by atoms with Crippen LogP contribution in [0.15, 0.2) is 46.7 Å². The summed E-state index contributed by atoms with van der Waals surface area (Å²) in [5.41, 5.74) is 6.54. The smallest absolute Gasteiger partial charge is 0.458 e. The molecule has 24 nitrogen and oxygen atoms in total. The number of aromatic nitrogens is 7. The van der Waals surface area contributed by atoms with Crippen LogP contribution in [0.3, 0.4) is 0 Å². The number of cyclic esters (lactones) is 1. The number of esters is 1. The first-order valence-corrected chi connectivity index (χ1v) is 27.7. The van der Waals surface area contributed by atoms with Gasteiger partial charge in [-0.05, 0) is 109 Å². The molecule has 5 aromatic rings. The molecular weight excluding hydrogens is 1070 g/mol. The number of pyridine rings is 2. The Morgan fingerprint density at radius 2 is 1.73 bits per heavy atom. The largest absolute Gasteiger partial charge is 0.550 e. The molecule has 4 amide bonds. The van der Waals surface area contributed by atoms with Crippen LogP contribution >= 0.6 is 0 Å². The predicted molar refractivity (Wildman–Crippen MR) is 291 cm³/mol. The van der Waals surface area contributed by atoms with E-state index in [0.717, 1.165) is 11.1 Å². The Labute approximate surface area is 471 Å². The van der Waals surface area contributed by atoms with E-state index in [9.17, 15) is 38.1 Å². The van der Waals surface area contributed by atoms with Crippen molar-refractivity contribution in [1.82, 2.24) is 51.1 Å². The van der Waals surface area contributed by atoms with Gasteiger partial charge in [0.1, 0.15) is 42.9 Å². The van der Waals surface area contributed by atoms with E-state index in [2.05, 4.69) is 41.5 Å². The average Bonchev–Trinajstić information content (AvgIpc) is 4.31. The molecule has 0 saturated carbocycles. The zero-order valence-corrected chi connectivity index (χ0v) is 47.8. The molecule has 1 aromatic carbocycles. The van der Waals surface area contributed by atoms with Crippen LogP contribution in [0.25, 0.3) is 33.5 Å². The van der Waals surface area contributed by atoms with Crippen LogP contribution in [0.4, 0.5) is 4.39 Å². The molecule has 6 heterocycles. The molecule has 0 radical (unpaired) electrons. The van der Waals surface area contributed by atoms with Crippen LogP contribution < -0.4 is 42.5 Å². The Morgan fingerprint density at radius 1 is 0.988 bits per heavy atom. The summed E-state index contributed by atoms with van der Waals surface area (Å²) in [7, 11) is 0. The van der Waals surface area contributed by atoms with Gasteiger partial charge in [-0.15, -0.1) is 5.10 Å². The van der Waals surface area contributed by atoms with Crippen molar-refractivity contribution in [2.75, 3.05) is 52.7 Å². The summed E-state index contributed by atoms with van der Waals surface area (Å²) in [6.07, 6.45) is 6.83. The molecule has 4 aromatic heterocycles. The van der Waals surface area contributed by atoms with Crippen molar-refractivity contribution in [3.63, 3.8) is 0 Å². The van der Waals surface area contributed by atoms with Gasteiger partial charge < -0.3 is 65.5 Å². The third-order valence-electron chi connectivity index (χ3n) is 14.3. The summed E-state index contributed by atoms with van der Waals surface area (Å²) in [6.45, 7) is 14.7. The minimum atomic E-state index is -2.02. The third kappa shape index (κ3) is 14.7. The summed E-state index contributed by atoms with van der Waals surface area (Å²) in [6, 6.07) is 2.56. The number of hydrogen-bond donors (Lipinski definition) is 6. The monoisotopic (exact) mass is 1140 g/mol. The highest BCUT2D eigenvalue weighted by molar-refractivity contribution is 7.65. The fraction of sp³-hybridized carbons (Fsp3) is 0.545. The number of fused-ring (bicyclic) bond motifs is 5. The number of benzene rings is 1. The van der Waals surface area contributed by atoms with Crippen molar-refractivity contribution >= 4 is 52.2 Å². The molecule has 2 aliphatic heterocycles. The maximum atomic E-state index is 15.0. The Kier molecular flexibility index (Phi) is 20.2. The molecule has 0 unspecified atom stereocenters. The zero-order valence-electron chi connectivity index (χ0n) is 46.9. The van der Waals surface area contributed by atoms with Crippen LogP contribution in [0, 0.1) is 18.7 Å². The molecule has 7 rings (SSSR count). The standard InChI is InChI=1S/C55H71FN12O12S/c1-9-55(75)38-20-43-47-36(25-67(43)50(73)37(38)27-79-51(55)74)34(35-19-32(4)39(56)21-41(35)62-47)13-12-16-58-44(69)24-59-48(71)40(14-10-11-15-57)63-49(72)46(31(2)3)64-45(70)28-77-17-18-78-30-54(7,8)80-29-53(5,6)68-26-42(65-66-68)33-22-60-52(81-76)61-23-33/h19-23,26,31,40,46,75H,9-18,24-25,27-30,57H2,1-8H3,(H3-,58,59,63,64,69,70,71,72)/p+1/t40-,46-,55-/m0/s1. The lowest BCUT2D eigenvalue weighted by Gasteiger charge is -2.31. The molecule has 0 spiro atoms. The lowest BCUT2D eigenvalue weighted by molar-refractivity contribution is -0.815. The number of nitrogens with zero attached hydrogens (tertiary/aromatic N) is 7. The van der Waals surface area contributed by atoms with Crippen molar-refractivity contribution < 1.29 is 61.3 Å². The Morgan fingerprint density at radius 3 is 2.43 bits per heavy atom. The van der Waals surface area contributed by atoms with E-state index >= 15 is 4.39 Å². The van der Waals surface area contributed by atoms with Crippen LogP contribution in [0.5, 0.6) is 0 Å². The van der Waals surface area contributed by atoms with Gasteiger partial charge in [-0.25, -0.2) is 14.2 Å². The number of carbonyl (C=O) groups excluding carboxylic acids is 5. The Balaban J connectivity index is 0.858. The number of aliphatic hydroxyl groups is 1. The number of hydrogen-bond acceptors (Lipinski definition) is 17. The number of aryl methyl sites for hydroxylation is 2. The van der Waals surface area contributed by atoms with E-state index in [1.165, 1.54) is 23.0 Å². The number of ether oxygens (including phenoxy) is 4. The summed E-state index contributed by atoms with van der Waals surface area (Å²) < 4.78 is 52.0. The normalized spacial score (nSPS) is 15.6. The highest BCUT2D eigenvalue weighted by Crippen LogP contribution is 2.41. The maximum absolute atomic E-state index is 15.0. The quantitative estimate of drug-likeness (QED) is 0.0128. The molecular formula is C55H72FN12O12S+. The van der Waals surface area contributed by atoms with Gasteiger partial charge in [0.25, 0.3) is 5.56 Å². The third-order valence-corrected chi connectivity index (χ3v) is 14.6. The minimum absolute atomic E-state index is 0.0236. The minimum Gasteiger partial charge on any atom is -0.458 e. The molecule has 2 aliphatic rings. The lowest BCUT2D eigenvalue weighted by atomic mass is 9.86. The average molecular weight is 1140 g/mol. The van der Waals surface area contributed by atoms with Gasteiger partial charge in [0.05, 0.1) is 73.1 Å². The van der Waals surface area contributed by atoms with Gasteiger partial charge in [0.2, 0.25) is 29.3 Å². The van der Waals surface area contributed by atoms with Crippen LogP contribution in [0.2, 0.25) is 0 Å². The molecule has 81 heavy (non-hydrogen) atoms. The van der Waals surface area contributed by atoms with Gasteiger partial charge in [0, 0.05) is 45.7 Å². The van der Waals surface area contributed by atoms with Crippen molar-refractivity contribution in [1.29, 1.82) is 0 Å². The Hall–Kier alpha value is -7.10. The SMILES string of the molecule is CC[C@@]1(O)C(=O)OCc2c1cc1n(c2=O)Cc2c-1nc1cc(F)c(C)cc1c2CCCNC(=O)CNC(=O)[C@H](CCCCN)NC(=O)[C@@H](NC(=O)COCCOCC(C)(C)OCC(C)(C)[n+]1cc(-c2cnc([S+]=O)nc2)n[n-]1)C(C)C. The molecule has 7 N–H and O–H groups in total. The highest BCUT2D eigenvalue weighted by atomic mass is 32.1. The van der Waals surface area contributed by atoms with E-state index in [0.29, 0.717) is 71.3 Å². The topological polar surface area (TPSA) is 325 Å². The first kappa shape index (κ1) is 61.5. The number of unbranched alkanes of at least 4 members (excludes halogenated alkanes) is 1. The second kappa shape index (κ2) is 26.7. The number of nitrogens with one attached hydrogen (secondary N) is 4. The molecule has 0 bridgehead atoms. The Bertz CT molecular complexity index is 3210. The summed E-state index contributed by atoms with van der Waals surface area (Å²) >= 11 is 0.203. The van der Waals surface area contributed by atoms with Gasteiger partial charge >= 0.3 is 22.8 Å². The van der Waals surface area contributed by atoms with Crippen LogP contribution in [-0.2, 0) is 89.5 Å². The zero-order chi connectivity index (χ0) is 58.8. The van der Waals surface area contributed by atoms with E-state index in [4.69, 9.17) is 29.7 Å². The van der Waals surface area contributed by atoms with E-state index < -0.39 is 76.3 Å². The molecule has 26 heteroatoms. The van der Waals surface area contributed by atoms with Crippen molar-refractivity contribution in [3.05, 3.63) is 80.8 Å². The number of rotatable bonds is 29. The molecule has 0 aliphatic carbocycles. The molecule has 3 atom stereocenters. The first-order chi connectivity index (χ1) is 38.5. The second-order valence-electron chi connectivity index (χ2n) is 21.8. The number of nitrogens with two attached hydrogens (primary N) is 1. The van der Waals surface area contributed by atoms with Crippen LogP contribution in [-0.4, -0.2) is 130 Å².